The standard InChI is InChI=1S/C18H14O5/c1-10-5-12-6-13(19)16(20-2)8-15(12)23-18(10)11-3-4-14-17(7-11)22-9-21-14/h3-8H,9H2,1-2H3/p+1. The number of rotatable bonds is 2. The van der Waals surface area contributed by atoms with Crippen LogP contribution < -0.4 is 14.2 Å². The molecule has 0 amide bonds. The summed E-state index contributed by atoms with van der Waals surface area (Å²) in [6, 6.07) is 11.0. The van der Waals surface area contributed by atoms with Gasteiger partial charge in [0.1, 0.15) is 0 Å². The Kier molecular flexibility index (Phi) is 3.01. The van der Waals surface area contributed by atoms with Crippen molar-refractivity contribution < 1.29 is 23.7 Å². The Morgan fingerprint density at radius 3 is 2.74 bits per heavy atom. The highest BCUT2D eigenvalue weighted by Gasteiger charge is 2.23. The van der Waals surface area contributed by atoms with Gasteiger partial charge in [0.05, 0.1) is 29.7 Å². The van der Waals surface area contributed by atoms with Crippen molar-refractivity contribution in [1.29, 1.82) is 0 Å². The van der Waals surface area contributed by atoms with Crippen molar-refractivity contribution >= 4 is 11.0 Å². The molecule has 23 heavy (non-hydrogen) atoms. The highest BCUT2D eigenvalue weighted by molar-refractivity contribution is 5.84. The smallest absolute Gasteiger partial charge is 0.364 e. The number of phenolic OH excluding ortho intramolecular Hbond substituents is 1. The van der Waals surface area contributed by atoms with Gasteiger partial charge in [-0.3, -0.25) is 0 Å². The lowest BCUT2D eigenvalue weighted by Gasteiger charge is -2.03. The maximum Gasteiger partial charge on any atom is 0.364 e. The Balaban J connectivity index is 1.89. The third kappa shape index (κ3) is 2.21. The molecule has 0 saturated heterocycles. The van der Waals surface area contributed by atoms with Gasteiger partial charge in [-0.25, -0.2) is 4.42 Å². The Labute approximate surface area is 132 Å². The minimum atomic E-state index is 0.0884. The second-order valence-electron chi connectivity index (χ2n) is 5.39. The quantitative estimate of drug-likeness (QED) is 0.721. The highest BCUT2D eigenvalue weighted by atomic mass is 16.7. The van der Waals surface area contributed by atoms with Crippen LogP contribution in [0, 0.1) is 6.92 Å². The minimum Gasteiger partial charge on any atom is -0.504 e. The number of aryl methyl sites for hydroxylation is 1. The number of hydrogen-bond acceptors (Lipinski definition) is 4. The summed E-state index contributed by atoms with van der Waals surface area (Å²) in [6.07, 6.45) is 0. The summed E-state index contributed by atoms with van der Waals surface area (Å²) in [6.45, 7) is 2.20. The maximum absolute atomic E-state index is 9.89. The van der Waals surface area contributed by atoms with E-state index < -0.39 is 0 Å². The van der Waals surface area contributed by atoms with Gasteiger partial charge < -0.3 is 19.3 Å². The fourth-order valence-corrected chi connectivity index (χ4v) is 2.74. The molecule has 0 unspecified atom stereocenters. The van der Waals surface area contributed by atoms with Gasteiger partial charge in [0.2, 0.25) is 6.79 Å². The average molecular weight is 311 g/mol. The summed E-state index contributed by atoms with van der Waals surface area (Å²) in [7, 11) is 1.51. The van der Waals surface area contributed by atoms with Gasteiger partial charge in [-0.1, -0.05) is 0 Å². The number of hydrogen-bond donors (Lipinski definition) is 1. The Hall–Kier alpha value is -2.95. The molecule has 1 aliphatic heterocycles. The maximum atomic E-state index is 9.89. The summed E-state index contributed by atoms with van der Waals surface area (Å²) in [5, 5.41) is 10.7. The van der Waals surface area contributed by atoms with Crippen molar-refractivity contribution in [3.8, 4) is 34.3 Å². The third-order valence-electron chi connectivity index (χ3n) is 3.89. The molecule has 2 aromatic carbocycles. The minimum absolute atomic E-state index is 0.0884. The first-order valence-electron chi connectivity index (χ1n) is 7.20. The molecule has 3 aromatic rings. The number of fused-ring (bicyclic) bond motifs is 2. The lowest BCUT2D eigenvalue weighted by atomic mass is 10.1. The number of aromatic hydroxyl groups is 1. The molecule has 0 saturated carbocycles. The van der Waals surface area contributed by atoms with E-state index in [4.69, 9.17) is 18.6 Å². The molecule has 2 heterocycles. The fraction of sp³-hybridized carbons (Fsp3) is 0.167. The molecule has 0 fully saturated rings. The van der Waals surface area contributed by atoms with E-state index in [2.05, 4.69) is 0 Å². The Morgan fingerprint density at radius 1 is 1.09 bits per heavy atom. The molecule has 0 radical (unpaired) electrons. The third-order valence-corrected chi connectivity index (χ3v) is 3.89. The number of ether oxygens (including phenoxy) is 3. The summed E-state index contributed by atoms with van der Waals surface area (Å²) >= 11 is 0. The van der Waals surface area contributed by atoms with Crippen LogP contribution in [-0.4, -0.2) is 19.0 Å². The summed E-state index contributed by atoms with van der Waals surface area (Å²) < 4.78 is 22.0. The van der Waals surface area contributed by atoms with Gasteiger partial charge in [-0.2, -0.15) is 0 Å². The highest BCUT2D eigenvalue weighted by Crippen LogP contribution is 2.39. The molecule has 0 atom stereocenters. The van der Waals surface area contributed by atoms with E-state index in [1.54, 1.807) is 12.1 Å². The zero-order valence-corrected chi connectivity index (χ0v) is 12.8. The van der Waals surface area contributed by atoms with Crippen LogP contribution in [0.3, 0.4) is 0 Å². The predicted molar refractivity (Wildman–Crippen MR) is 85.1 cm³/mol. The average Bonchev–Trinajstić information content (AvgIpc) is 3.01. The fourth-order valence-electron chi connectivity index (χ4n) is 2.74. The summed E-state index contributed by atoms with van der Waals surface area (Å²) in [5.41, 5.74) is 2.50. The normalized spacial score (nSPS) is 12.6. The molecular weight excluding hydrogens is 296 g/mol. The van der Waals surface area contributed by atoms with Gasteiger partial charge in [0.25, 0.3) is 0 Å². The lowest BCUT2D eigenvalue weighted by Crippen LogP contribution is -1.92. The second-order valence-corrected chi connectivity index (χ2v) is 5.39. The molecule has 5 nitrogen and oxygen atoms in total. The van der Waals surface area contributed by atoms with Gasteiger partial charge in [0.15, 0.2) is 23.0 Å². The molecule has 0 bridgehead atoms. The van der Waals surface area contributed by atoms with E-state index in [-0.39, 0.29) is 12.5 Å². The van der Waals surface area contributed by atoms with Gasteiger partial charge in [-0.05, 0) is 25.1 Å². The van der Waals surface area contributed by atoms with E-state index in [9.17, 15) is 5.11 Å². The Bertz CT molecular complexity index is 917. The van der Waals surface area contributed by atoms with Crippen LogP contribution in [0.25, 0.3) is 22.3 Å². The largest absolute Gasteiger partial charge is 0.504 e. The van der Waals surface area contributed by atoms with E-state index in [0.29, 0.717) is 17.1 Å². The van der Waals surface area contributed by atoms with Crippen LogP contribution >= 0.6 is 0 Å². The van der Waals surface area contributed by atoms with Crippen LogP contribution in [0.5, 0.6) is 23.0 Å². The van der Waals surface area contributed by atoms with E-state index in [1.807, 2.05) is 31.2 Å². The van der Waals surface area contributed by atoms with Crippen molar-refractivity contribution in [3.63, 3.8) is 0 Å². The molecule has 1 aliphatic rings. The molecular formula is C18H15O5+. The molecule has 116 valence electrons. The molecule has 5 heteroatoms. The van der Waals surface area contributed by atoms with Crippen LogP contribution in [0.15, 0.2) is 40.8 Å². The first-order valence-corrected chi connectivity index (χ1v) is 7.20. The predicted octanol–water partition coefficient (Wildman–Crippen LogP) is 4.13. The van der Waals surface area contributed by atoms with Crippen molar-refractivity contribution in [3.05, 3.63) is 42.0 Å². The summed E-state index contributed by atoms with van der Waals surface area (Å²) in [5.74, 6) is 2.65. The van der Waals surface area contributed by atoms with Crippen LogP contribution in [-0.2, 0) is 0 Å². The lowest BCUT2D eigenvalue weighted by molar-refractivity contribution is 0.174. The summed E-state index contributed by atoms with van der Waals surface area (Å²) in [4.78, 5) is 0. The van der Waals surface area contributed by atoms with Gasteiger partial charge >= 0.3 is 11.3 Å². The van der Waals surface area contributed by atoms with Gasteiger partial charge in [-0.15, -0.1) is 0 Å². The van der Waals surface area contributed by atoms with Crippen LogP contribution in [0.1, 0.15) is 5.56 Å². The Morgan fingerprint density at radius 2 is 1.91 bits per heavy atom. The zero-order valence-electron chi connectivity index (χ0n) is 12.8. The van der Waals surface area contributed by atoms with Crippen molar-refractivity contribution in [2.45, 2.75) is 6.92 Å². The van der Waals surface area contributed by atoms with Crippen LogP contribution in [0.2, 0.25) is 0 Å². The first-order chi connectivity index (χ1) is 11.2. The monoisotopic (exact) mass is 311 g/mol. The topological polar surface area (TPSA) is 59.2 Å². The van der Waals surface area contributed by atoms with E-state index >= 15 is 0 Å². The van der Waals surface area contributed by atoms with Crippen molar-refractivity contribution in [2.24, 2.45) is 0 Å². The van der Waals surface area contributed by atoms with Gasteiger partial charge in [0, 0.05) is 12.1 Å². The molecule has 4 rings (SSSR count). The second kappa shape index (κ2) is 5.05. The van der Waals surface area contributed by atoms with E-state index in [0.717, 1.165) is 28.0 Å². The SMILES string of the molecule is COc1cc2[o+]c(-c3ccc4c(c3)OCO4)c(C)cc2cc1O. The number of phenols is 1. The number of methoxy groups -OCH3 is 1. The molecule has 1 aromatic heterocycles. The van der Waals surface area contributed by atoms with Crippen molar-refractivity contribution in [2.75, 3.05) is 13.9 Å². The molecule has 0 spiro atoms. The molecule has 0 aliphatic carbocycles. The first kappa shape index (κ1) is 13.7. The van der Waals surface area contributed by atoms with Crippen LogP contribution in [0.4, 0.5) is 0 Å². The van der Waals surface area contributed by atoms with E-state index in [1.165, 1.54) is 7.11 Å². The number of benzene rings is 2. The zero-order chi connectivity index (χ0) is 16.0. The van der Waals surface area contributed by atoms with Crippen molar-refractivity contribution in [1.82, 2.24) is 0 Å². The molecule has 1 N–H and O–H groups in total.